The predicted octanol–water partition coefficient (Wildman–Crippen LogP) is 2.60. The summed E-state index contributed by atoms with van der Waals surface area (Å²) >= 11 is 3.27. The minimum atomic E-state index is -0.250. The fourth-order valence-corrected chi connectivity index (χ4v) is 2.25. The molecule has 0 saturated carbocycles. The number of benzene rings is 1. The Labute approximate surface area is 113 Å². The number of likely N-dealkylation sites (N-methyl/N-ethyl adjacent to an activating group) is 1. The monoisotopic (exact) mass is 312 g/mol. The Morgan fingerprint density at radius 2 is 2.33 bits per heavy atom. The van der Waals surface area contributed by atoms with Crippen molar-refractivity contribution in [3.63, 3.8) is 0 Å². The quantitative estimate of drug-likeness (QED) is 0.892. The van der Waals surface area contributed by atoms with Gasteiger partial charge in [0.05, 0.1) is 10.5 Å². The van der Waals surface area contributed by atoms with Gasteiger partial charge in [0.1, 0.15) is 18.0 Å². The molecule has 0 radical (unpaired) electrons. The molecule has 1 aromatic carbocycles. The fraction of sp³-hybridized carbons (Fsp3) is 0.333. The van der Waals surface area contributed by atoms with Gasteiger partial charge in [0.15, 0.2) is 0 Å². The molecule has 1 unspecified atom stereocenters. The van der Waals surface area contributed by atoms with E-state index in [4.69, 9.17) is 0 Å². The Kier molecular flexibility index (Phi) is 4.43. The molecule has 18 heavy (non-hydrogen) atoms. The molecule has 4 nitrogen and oxygen atoms in total. The van der Waals surface area contributed by atoms with Gasteiger partial charge < -0.3 is 5.32 Å². The van der Waals surface area contributed by atoms with E-state index < -0.39 is 0 Å². The van der Waals surface area contributed by atoms with Gasteiger partial charge in [0.25, 0.3) is 0 Å². The first-order valence-corrected chi connectivity index (χ1v) is 6.53. The van der Waals surface area contributed by atoms with Gasteiger partial charge in [-0.25, -0.2) is 9.37 Å². The number of hydrogen-bond acceptors (Lipinski definition) is 3. The van der Waals surface area contributed by atoms with E-state index in [1.807, 2.05) is 13.0 Å². The smallest absolute Gasteiger partial charge is 0.141 e. The molecule has 96 valence electrons. The maximum Gasteiger partial charge on any atom is 0.141 e. The summed E-state index contributed by atoms with van der Waals surface area (Å²) in [7, 11) is 0. The van der Waals surface area contributed by atoms with E-state index in [1.165, 1.54) is 12.4 Å². The lowest BCUT2D eigenvalue weighted by Crippen LogP contribution is -2.24. The van der Waals surface area contributed by atoms with Crippen LogP contribution in [0.5, 0.6) is 0 Å². The van der Waals surface area contributed by atoms with Crippen molar-refractivity contribution < 1.29 is 4.39 Å². The van der Waals surface area contributed by atoms with Gasteiger partial charge in [0.2, 0.25) is 0 Å². The highest BCUT2D eigenvalue weighted by molar-refractivity contribution is 9.10. The van der Waals surface area contributed by atoms with Crippen LogP contribution in [0.3, 0.4) is 0 Å². The van der Waals surface area contributed by atoms with Gasteiger partial charge in [-0.05, 0) is 40.5 Å². The van der Waals surface area contributed by atoms with Crippen molar-refractivity contribution in [2.24, 2.45) is 0 Å². The minimum Gasteiger partial charge on any atom is -0.307 e. The van der Waals surface area contributed by atoms with Crippen molar-refractivity contribution >= 4 is 15.9 Å². The van der Waals surface area contributed by atoms with Crippen LogP contribution in [0.1, 0.15) is 24.4 Å². The van der Waals surface area contributed by atoms with E-state index in [9.17, 15) is 4.39 Å². The molecule has 0 aliphatic heterocycles. The van der Waals surface area contributed by atoms with Crippen LogP contribution in [0.4, 0.5) is 4.39 Å². The molecule has 0 amide bonds. The van der Waals surface area contributed by atoms with Gasteiger partial charge in [0, 0.05) is 0 Å². The minimum absolute atomic E-state index is 0.00407. The van der Waals surface area contributed by atoms with Crippen molar-refractivity contribution in [3.05, 3.63) is 46.2 Å². The Morgan fingerprint density at radius 3 is 3.00 bits per heavy atom. The highest BCUT2D eigenvalue weighted by atomic mass is 79.9. The number of nitrogens with one attached hydrogen (secondary N) is 2. The highest BCUT2D eigenvalue weighted by Gasteiger charge is 2.16. The van der Waals surface area contributed by atoms with E-state index in [2.05, 4.69) is 36.4 Å². The summed E-state index contributed by atoms with van der Waals surface area (Å²) in [5.74, 6) is 0.508. The van der Waals surface area contributed by atoms with Gasteiger partial charge >= 0.3 is 0 Å². The van der Waals surface area contributed by atoms with Crippen molar-refractivity contribution in [3.8, 4) is 0 Å². The van der Waals surface area contributed by atoms with Crippen LogP contribution in [0, 0.1) is 5.82 Å². The first kappa shape index (κ1) is 13.2. The lowest BCUT2D eigenvalue weighted by atomic mass is 10.1. The summed E-state index contributed by atoms with van der Waals surface area (Å²) in [6.07, 6.45) is 2.11. The third kappa shape index (κ3) is 2.94. The average molecular weight is 313 g/mol. The summed E-state index contributed by atoms with van der Waals surface area (Å²) < 4.78 is 14.0. The van der Waals surface area contributed by atoms with Crippen LogP contribution in [-0.2, 0) is 6.42 Å². The molecule has 2 aromatic rings. The molecule has 0 saturated heterocycles. The third-order valence-electron chi connectivity index (χ3n) is 2.67. The lowest BCUT2D eigenvalue weighted by molar-refractivity contribution is 0.520. The van der Waals surface area contributed by atoms with E-state index in [1.54, 1.807) is 6.07 Å². The van der Waals surface area contributed by atoms with Crippen LogP contribution in [0.25, 0.3) is 0 Å². The zero-order valence-corrected chi connectivity index (χ0v) is 11.5. The molecular formula is C12H14BrFN4. The van der Waals surface area contributed by atoms with Crippen LogP contribution >= 0.6 is 15.9 Å². The van der Waals surface area contributed by atoms with E-state index in [0.717, 1.165) is 17.9 Å². The Bertz CT molecular complexity index is 501. The molecule has 1 atom stereocenters. The van der Waals surface area contributed by atoms with Crippen LogP contribution < -0.4 is 5.32 Å². The molecule has 2 N–H and O–H groups in total. The first-order chi connectivity index (χ1) is 8.72. The van der Waals surface area contributed by atoms with Gasteiger partial charge in [-0.2, -0.15) is 5.10 Å². The highest BCUT2D eigenvalue weighted by Crippen LogP contribution is 2.24. The topological polar surface area (TPSA) is 53.6 Å². The number of nitrogens with zero attached hydrogens (tertiary/aromatic N) is 2. The molecule has 1 aromatic heterocycles. The normalized spacial score (nSPS) is 12.6. The zero-order valence-electron chi connectivity index (χ0n) is 9.95. The molecule has 2 rings (SSSR count). The maximum atomic E-state index is 13.5. The number of H-pyrrole nitrogens is 1. The van der Waals surface area contributed by atoms with Gasteiger partial charge in [-0.1, -0.05) is 19.1 Å². The average Bonchev–Trinajstić information content (AvgIpc) is 2.88. The summed E-state index contributed by atoms with van der Waals surface area (Å²) in [5.41, 5.74) is 0.900. The Balaban J connectivity index is 2.21. The van der Waals surface area contributed by atoms with E-state index in [0.29, 0.717) is 10.9 Å². The molecule has 1 heterocycles. The molecule has 0 aliphatic rings. The van der Waals surface area contributed by atoms with E-state index >= 15 is 0 Å². The second-order valence-electron chi connectivity index (χ2n) is 3.90. The number of aromatic nitrogens is 3. The molecule has 0 fully saturated rings. The lowest BCUT2D eigenvalue weighted by Gasteiger charge is -2.16. The van der Waals surface area contributed by atoms with Gasteiger partial charge in [-0.15, -0.1) is 0 Å². The Hall–Kier alpha value is -1.27. The second-order valence-corrected chi connectivity index (χ2v) is 4.69. The zero-order chi connectivity index (χ0) is 13.0. The standard InChI is InChI=1S/C12H14BrFN4/c1-2-15-10(12-16-7-17-18-12)6-8-4-3-5-9(14)11(8)13/h3-5,7,10,15H,2,6H2,1H3,(H,16,17,18). The molecule has 6 heteroatoms. The third-order valence-corrected chi connectivity index (χ3v) is 3.56. The molecule has 0 aliphatic carbocycles. The van der Waals surface area contributed by atoms with Crippen molar-refractivity contribution in [2.75, 3.05) is 6.54 Å². The summed E-state index contributed by atoms with van der Waals surface area (Å²) in [6, 6.07) is 5.03. The summed E-state index contributed by atoms with van der Waals surface area (Å²) in [4.78, 5) is 4.15. The first-order valence-electron chi connectivity index (χ1n) is 5.74. The number of aromatic amines is 1. The molecule has 0 bridgehead atoms. The van der Waals surface area contributed by atoms with Crippen molar-refractivity contribution in [2.45, 2.75) is 19.4 Å². The van der Waals surface area contributed by atoms with Crippen LogP contribution in [0.2, 0.25) is 0 Å². The largest absolute Gasteiger partial charge is 0.307 e. The number of rotatable bonds is 5. The molecular weight excluding hydrogens is 299 g/mol. The van der Waals surface area contributed by atoms with E-state index in [-0.39, 0.29) is 11.9 Å². The molecule has 0 spiro atoms. The SMILES string of the molecule is CCNC(Cc1cccc(F)c1Br)c1ncn[nH]1. The number of halogens is 2. The van der Waals surface area contributed by atoms with Gasteiger partial charge in [-0.3, -0.25) is 5.10 Å². The van der Waals surface area contributed by atoms with Crippen molar-refractivity contribution in [1.29, 1.82) is 0 Å². The van der Waals surface area contributed by atoms with Crippen LogP contribution in [-0.4, -0.2) is 21.7 Å². The second kappa shape index (κ2) is 6.06. The predicted molar refractivity (Wildman–Crippen MR) is 70.6 cm³/mol. The Morgan fingerprint density at radius 1 is 1.50 bits per heavy atom. The fourth-order valence-electron chi connectivity index (χ4n) is 1.82. The number of hydrogen-bond donors (Lipinski definition) is 2. The summed E-state index contributed by atoms with van der Waals surface area (Å²) in [6.45, 7) is 2.82. The van der Waals surface area contributed by atoms with Crippen molar-refractivity contribution in [1.82, 2.24) is 20.5 Å². The summed E-state index contributed by atoms with van der Waals surface area (Å²) in [5, 5.41) is 9.99. The maximum absolute atomic E-state index is 13.5. The van der Waals surface area contributed by atoms with Crippen LogP contribution in [0.15, 0.2) is 29.0 Å².